The topological polar surface area (TPSA) is 24.5 Å². The van der Waals surface area contributed by atoms with Crippen LogP contribution in [-0.4, -0.2) is 38.4 Å². The van der Waals surface area contributed by atoms with Gasteiger partial charge in [-0.15, -0.1) is 0 Å². The summed E-state index contributed by atoms with van der Waals surface area (Å²) >= 11 is 0. The van der Waals surface area contributed by atoms with Gasteiger partial charge in [0, 0.05) is 30.9 Å². The van der Waals surface area contributed by atoms with Crippen LogP contribution in [0.3, 0.4) is 0 Å². The normalized spacial score (nSPS) is 29.4. The van der Waals surface area contributed by atoms with Crippen molar-refractivity contribution in [2.45, 2.75) is 31.3 Å². The van der Waals surface area contributed by atoms with Crippen LogP contribution < -0.4 is 10.2 Å². The molecule has 3 heteroatoms. The third kappa shape index (κ3) is 2.36. The zero-order valence-corrected chi connectivity index (χ0v) is 11.8. The minimum absolute atomic E-state index is 0.614. The third-order valence-corrected chi connectivity index (χ3v) is 4.76. The Bertz CT molecular complexity index is 502. The summed E-state index contributed by atoms with van der Waals surface area (Å²) in [6, 6.07) is 10.4. The number of hydrogen-bond donors (Lipinski definition) is 1. The SMILES string of the molecule is C1=C(c2ccc(N3CCOCC3)cc2)CC2CCC1N2. The number of benzene rings is 1. The minimum atomic E-state index is 0.614. The maximum Gasteiger partial charge on any atom is 0.0642 e. The molecule has 3 nitrogen and oxygen atoms in total. The summed E-state index contributed by atoms with van der Waals surface area (Å²) in [5.74, 6) is 0. The fraction of sp³-hybridized carbons (Fsp3) is 0.529. The summed E-state index contributed by atoms with van der Waals surface area (Å²) in [6.45, 7) is 3.72. The molecule has 3 aliphatic heterocycles. The first-order valence-corrected chi connectivity index (χ1v) is 7.78. The van der Waals surface area contributed by atoms with Crippen molar-refractivity contribution in [2.75, 3.05) is 31.2 Å². The van der Waals surface area contributed by atoms with E-state index in [1.165, 1.54) is 36.1 Å². The lowest BCUT2D eigenvalue weighted by Crippen LogP contribution is -2.36. The van der Waals surface area contributed by atoms with Crippen molar-refractivity contribution in [3.8, 4) is 0 Å². The zero-order chi connectivity index (χ0) is 13.4. The highest BCUT2D eigenvalue weighted by Crippen LogP contribution is 2.32. The van der Waals surface area contributed by atoms with E-state index in [-0.39, 0.29) is 0 Å². The summed E-state index contributed by atoms with van der Waals surface area (Å²) in [5, 5.41) is 3.65. The van der Waals surface area contributed by atoms with Gasteiger partial charge in [-0.3, -0.25) is 0 Å². The molecule has 106 valence electrons. The van der Waals surface area contributed by atoms with E-state index in [4.69, 9.17) is 4.74 Å². The molecule has 2 atom stereocenters. The predicted molar refractivity (Wildman–Crippen MR) is 82.0 cm³/mol. The number of fused-ring (bicyclic) bond motifs is 2. The maximum absolute atomic E-state index is 5.41. The Morgan fingerprint density at radius 2 is 1.85 bits per heavy atom. The maximum atomic E-state index is 5.41. The number of hydrogen-bond acceptors (Lipinski definition) is 3. The second-order valence-electron chi connectivity index (χ2n) is 6.09. The molecule has 2 bridgehead atoms. The van der Waals surface area contributed by atoms with Gasteiger partial charge < -0.3 is 15.0 Å². The van der Waals surface area contributed by atoms with Crippen molar-refractivity contribution in [3.63, 3.8) is 0 Å². The lowest BCUT2D eigenvalue weighted by Gasteiger charge is -2.29. The molecule has 0 aliphatic carbocycles. The molecule has 20 heavy (non-hydrogen) atoms. The molecule has 1 aromatic rings. The number of nitrogens with zero attached hydrogens (tertiary/aromatic N) is 1. The molecule has 3 heterocycles. The third-order valence-electron chi connectivity index (χ3n) is 4.76. The van der Waals surface area contributed by atoms with Crippen molar-refractivity contribution in [1.29, 1.82) is 0 Å². The Hall–Kier alpha value is -1.32. The summed E-state index contributed by atoms with van der Waals surface area (Å²) in [6.07, 6.45) is 6.26. The van der Waals surface area contributed by atoms with E-state index in [0.29, 0.717) is 12.1 Å². The highest BCUT2D eigenvalue weighted by molar-refractivity contribution is 5.69. The minimum Gasteiger partial charge on any atom is -0.378 e. The molecule has 3 aliphatic rings. The second-order valence-corrected chi connectivity index (χ2v) is 6.09. The number of rotatable bonds is 2. The molecule has 2 fully saturated rings. The average molecular weight is 270 g/mol. The first-order valence-electron chi connectivity index (χ1n) is 7.78. The van der Waals surface area contributed by atoms with E-state index in [1.54, 1.807) is 0 Å². The van der Waals surface area contributed by atoms with Gasteiger partial charge in [0.15, 0.2) is 0 Å². The van der Waals surface area contributed by atoms with Crippen molar-refractivity contribution in [2.24, 2.45) is 0 Å². The van der Waals surface area contributed by atoms with Gasteiger partial charge in [-0.25, -0.2) is 0 Å². The average Bonchev–Trinajstić information content (AvgIpc) is 2.87. The summed E-state index contributed by atoms with van der Waals surface area (Å²) in [7, 11) is 0. The lowest BCUT2D eigenvalue weighted by atomic mass is 9.96. The molecular formula is C17H22N2O. The van der Waals surface area contributed by atoms with Gasteiger partial charge in [0.2, 0.25) is 0 Å². The van der Waals surface area contributed by atoms with Crippen LogP contribution >= 0.6 is 0 Å². The van der Waals surface area contributed by atoms with E-state index in [2.05, 4.69) is 40.6 Å². The molecule has 0 aromatic heterocycles. The number of anilines is 1. The first kappa shape index (κ1) is 12.4. The van der Waals surface area contributed by atoms with Crippen LogP contribution in [0.2, 0.25) is 0 Å². The number of ether oxygens (including phenoxy) is 1. The molecule has 0 radical (unpaired) electrons. The van der Waals surface area contributed by atoms with E-state index < -0.39 is 0 Å². The van der Waals surface area contributed by atoms with Crippen molar-refractivity contribution >= 4 is 11.3 Å². The van der Waals surface area contributed by atoms with Gasteiger partial charge >= 0.3 is 0 Å². The van der Waals surface area contributed by atoms with Crippen LogP contribution in [0.1, 0.15) is 24.8 Å². The smallest absolute Gasteiger partial charge is 0.0642 e. The van der Waals surface area contributed by atoms with Gasteiger partial charge in [-0.2, -0.15) is 0 Å². The molecule has 0 spiro atoms. The molecule has 2 unspecified atom stereocenters. The van der Waals surface area contributed by atoms with Crippen LogP contribution in [-0.2, 0) is 4.74 Å². The summed E-state index contributed by atoms with van der Waals surface area (Å²) in [4.78, 5) is 2.41. The van der Waals surface area contributed by atoms with Crippen molar-refractivity contribution in [3.05, 3.63) is 35.9 Å². The Balaban J connectivity index is 1.52. The van der Waals surface area contributed by atoms with Crippen LogP contribution in [0.5, 0.6) is 0 Å². The quantitative estimate of drug-likeness (QED) is 0.893. The van der Waals surface area contributed by atoms with Gasteiger partial charge in [-0.1, -0.05) is 18.2 Å². The monoisotopic (exact) mass is 270 g/mol. The summed E-state index contributed by atoms with van der Waals surface area (Å²) in [5.41, 5.74) is 4.26. The molecule has 0 amide bonds. The Morgan fingerprint density at radius 1 is 1.05 bits per heavy atom. The van der Waals surface area contributed by atoms with E-state index >= 15 is 0 Å². The van der Waals surface area contributed by atoms with Crippen LogP contribution in [0, 0.1) is 0 Å². The second kappa shape index (κ2) is 5.23. The van der Waals surface area contributed by atoms with Gasteiger partial charge in [0.25, 0.3) is 0 Å². The molecule has 1 N–H and O–H groups in total. The zero-order valence-electron chi connectivity index (χ0n) is 11.8. The highest BCUT2D eigenvalue weighted by atomic mass is 16.5. The van der Waals surface area contributed by atoms with Crippen LogP contribution in [0.15, 0.2) is 30.3 Å². The molecule has 1 aromatic carbocycles. The predicted octanol–water partition coefficient (Wildman–Crippen LogP) is 2.43. The molecule has 2 saturated heterocycles. The van der Waals surface area contributed by atoms with Crippen molar-refractivity contribution < 1.29 is 4.74 Å². The molecular weight excluding hydrogens is 248 g/mol. The van der Waals surface area contributed by atoms with Gasteiger partial charge in [-0.05, 0) is 42.5 Å². The fourth-order valence-corrected chi connectivity index (χ4v) is 3.64. The molecule has 4 rings (SSSR count). The van der Waals surface area contributed by atoms with Crippen LogP contribution in [0.4, 0.5) is 5.69 Å². The fourth-order valence-electron chi connectivity index (χ4n) is 3.64. The number of morpholine rings is 1. The van der Waals surface area contributed by atoms with Crippen molar-refractivity contribution in [1.82, 2.24) is 5.32 Å². The Labute approximate surface area is 120 Å². The highest BCUT2D eigenvalue weighted by Gasteiger charge is 2.28. The largest absolute Gasteiger partial charge is 0.378 e. The van der Waals surface area contributed by atoms with E-state index in [9.17, 15) is 0 Å². The summed E-state index contributed by atoms with van der Waals surface area (Å²) < 4.78 is 5.41. The Kier molecular flexibility index (Phi) is 3.25. The first-order chi connectivity index (χ1) is 9.88. The van der Waals surface area contributed by atoms with Gasteiger partial charge in [0.05, 0.1) is 13.2 Å². The van der Waals surface area contributed by atoms with Crippen LogP contribution in [0.25, 0.3) is 5.57 Å². The number of nitrogens with one attached hydrogen (secondary N) is 1. The lowest BCUT2D eigenvalue weighted by molar-refractivity contribution is 0.122. The van der Waals surface area contributed by atoms with E-state index in [1.807, 2.05) is 0 Å². The Morgan fingerprint density at radius 3 is 2.60 bits per heavy atom. The standard InChI is InChI=1S/C17H22N2O/c1-5-17(19-7-9-20-10-8-19)6-2-13(1)14-11-15-3-4-16(12-14)18-15/h1-2,5-6,11,15-16,18H,3-4,7-10,12H2. The van der Waals surface area contributed by atoms with E-state index in [0.717, 1.165) is 26.3 Å². The van der Waals surface area contributed by atoms with Gasteiger partial charge in [0.1, 0.15) is 0 Å². The molecule has 0 saturated carbocycles.